The van der Waals surface area contributed by atoms with E-state index in [1.807, 2.05) is 54.6 Å². The van der Waals surface area contributed by atoms with E-state index >= 15 is 0 Å². The summed E-state index contributed by atoms with van der Waals surface area (Å²) in [4.78, 5) is 12.2. The second kappa shape index (κ2) is 6.50. The lowest BCUT2D eigenvalue weighted by Crippen LogP contribution is -2.01. The van der Waals surface area contributed by atoms with Crippen molar-refractivity contribution in [3.63, 3.8) is 0 Å². The molecule has 1 nitrogen and oxygen atoms in total. The molecule has 0 aliphatic carbocycles. The Morgan fingerprint density at radius 3 is 2.33 bits per heavy atom. The fourth-order valence-electron chi connectivity index (χ4n) is 1.96. The molecule has 0 spiro atoms. The number of benzene rings is 2. The van der Waals surface area contributed by atoms with E-state index in [-0.39, 0.29) is 5.78 Å². The van der Waals surface area contributed by atoms with Gasteiger partial charge in [-0.3, -0.25) is 4.79 Å². The molecule has 18 heavy (non-hydrogen) atoms. The number of halogens is 1. The largest absolute Gasteiger partial charge is 0.294 e. The highest BCUT2D eigenvalue weighted by atomic mass is 79.9. The molecule has 0 amide bonds. The Morgan fingerprint density at radius 1 is 0.944 bits per heavy atom. The van der Waals surface area contributed by atoms with Gasteiger partial charge in [-0.25, -0.2) is 0 Å². The van der Waals surface area contributed by atoms with Crippen molar-refractivity contribution in [2.75, 3.05) is 5.33 Å². The van der Waals surface area contributed by atoms with Gasteiger partial charge < -0.3 is 0 Å². The van der Waals surface area contributed by atoms with Gasteiger partial charge in [0.25, 0.3) is 0 Å². The van der Waals surface area contributed by atoms with E-state index in [2.05, 4.69) is 15.9 Å². The lowest BCUT2D eigenvalue weighted by molar-refractivity contribution is 0.0983. The first-order valence-electron chi connectivity index (χ1n) is 6.06. The van der Waals surface area contributed by atoms with Gasteiger partial charge in [-0.05, 0) is 17.5 Å². The summed E-state index contributed by atoms with van der Waals surface area (Å²) < 4.78 is 0. The minimum Gasteiger partial charge on any atom is -0.294 e. The fourth-order valence-corrected chi connectivity index (χ4v) is 2.24. The number of carbonyl (C=O) groups excluding carboxylic acids is 1. The van der Waals surface area contributed by atoms with Gasteiger partial charge in [-0.15, -0.1) is 0 Å². The van der Waals surface area contributed by atoms with Crippen LogP contribution in [0.1, 0.15) is 23.2 Å². The number of ketones is 1. The summed E-state index contributed by atoms with van der Waals surface area (Å²) in [6.07, 6.45) is 1.47. The molecule has 0 saturated heterocycles. The Balaban J connectivity index is 2.34. The van der Waals surface area contributed by atoms with E-state index in [1.54, 1.807) is 0 Å². The Kier molecular flexibility index (Phi) is 4.71. The molecule has 2 aromatic carbocycles. The smallest absolute Gasteiger partial charge is 0.163 e. The summed E-state index contributed by atoms with van der Waals surface area (Å²) in [7, 11) is 0. The second-order valence-corrected chi connectivity index (χ2v) is 4.92. The van der Waals surface area contributed by atoms with Crippen molar-refractivity contribution >= 4 is 21.7 Å². The van der Waals surface area contributed by atoms with Crippen LogP contribution >= 0.6 is 15.9 Å². The van der Waals surface area contributed by atoms with Gasteiger partial charge in [-0.1, -0.05) is 70.5 Å². The summed E-state index contributed by atoms with van der Waals surface area (Å²) in [6.45, 7) is 0. The van der Waals surface area contributed by atoms with Crippen LogP contribution in [0.2, 0.25) is 0 Å². The Hall–Kier alpha value is -1.41. The van der Waals surface area contributed by atoms with E-state index in [9.17, 15) is 4.79 Å². The molecular formula is C16H15BrO. The molecule has 0 heterocycles. The molecular weight excluding hydrogens is 288 g/mol. The minimum atomic E-state index is 0.217. The molecule has 2 heteroatoms. The molecule has 0 N–H and O–H groups in total. The zero-order chi connectivity index (χ0) is 12.8. The molecule has 2 aromatic rings. The first kappa shape index (κ1) is 13.0. The Labute approximate surface area is 116 Å². The van der Waals surface area contributed by atoms with E-state index in [4.69, 9.17) is 0 Å². The standard InChI is InChI=1S/C16H15BrO/c17-12-6-11-16(18)15-10-5-4-9-14(15)13-7-2-1-3-8-13/h1-5,7-10H,6,11-12H2. The van der Waals surface area contributed by atoms with Crippen molar-refractivity contribution in [2.24, 2.45) is 0 Å². The molecule has 0 fully saturated rings. The highest BCUT2D eigenvalue weighted by Gasteiger charge is 2.11. The maximum absolute atomic E-state index is 12.2. The SMILES string of the molecule is O=C(CCCBr)c1ccccc1-c1ccccc1. The first-order valence-corrected chi connectivity index (χ1v) is 7.18. The van der Waals surface area contributed by atoms with Crippen LogP contribution in [0.4, 0.5) is 0 Å². The third-order valence-corrected chi connectivity index (χ3v) is 3.41. The van der Waals surface area contributed by atoms with E-state index in [1.165, 1.54) is 0 Å². The van der Waals surface area contributed by atoms with Crippen LogP contribution in [0.15, 0.2) is 54.6 Å². The van der Waals surface area contributed by atoms with Crippen molar-refractivity contribution in [1.29, 1.82) is 0 Å². The molecule has 0 radical (unpaired) electrons. The lowest BCUT2D eigenvalue weighted by atomic mass is 9.95. The fraction of sp³-hybridized carbons (Fsp3) is 0.188. The maximum atomic E-state index is 12.2. The first-order chi connectivity index (χ1) is 8.83. The monoisotopic (exact) mass is 302 g/mol. The average Bonchev–Trinajstić information content (AvgIpc) is 2.45. The van der Waals surface area contributed by atoms with Gasteiger partial charge in [0, 0.05) is 17.3 Å². The molecule has 0 unspecified atom stereocenters. The van der Waals surface area contributed by atoms with Crippen LogP contribution in [0.25, 0.3) is 11.1 Å². The number of alkyl halides is 1. The molecule has 92 valence electrons. The highest BCUT2D eigenvalue weighted by molar-refractivity contribution is 9.09. The van der Waals surface area contributed by atoms with Gasteiger partial charge in [0.1, 0.15) is 0 Å². The summed E-state index contributed by atoms with van der Waals surface area (Å²) in [6, 6.07) is 17.9. The van der Waals surface area contributed by atoms with Gasteiger partial charge in [0.2, 0.25) is 0 Å². The third kappa shape index (κ3) is 3.08. The van der Waals surface area contributed by atoms with Crippen molar-refractivity contribution in [1.82, 2.24) is 0 Å². The number of Topliss-reactive ketones (excluding diaryl/α,β-unsaturated/α-hetero) is 1. The topological polar surface area (TPSA) is 17.1 Å². The van der Waals surface area contributed by atoms with Crippen LogP contribution in [-0.4, -0.2) is 11.1 Å². The molecule has 2 rings (SSSR count). The van der Waals surface area contributed by atoms with Gasteiger partial charge in [-0.2, -0.15) is 0 Å². The van der Waals surface area contributed by atoms with Crippen molar-refractivity contribution in [3.8, 4) is 11.1 Å². The Morgan fingerprint density at radius 2 is 1.61 bits per heavy atom. The number of carbonyl (C=O) groups is 1. The molecule has 0 bridgehead atoms. The van der Waals surface area contributed by atoms with Crippen molar-refractivity contribution in [3.05, 3.63) is 60.2 Å². The average molecular weight is 303 g/mol. The normalized spacial score (nSPS) is 10.3. The van der Waals surface area contributed by atoms with Crippen LogP contribution < -0.4 is 0 Å². The lowest BCUT2D eigenvalue weighted by Gasteiger charge is -2.08. The summed E-state index contributed by atoms with van der Waals surface area (Å²) in [5, 5.41) is 0.867. The summed E-state index contributed by atoms with van der Waals surface area (Å²) in [5.41, 5.74) is 2.95. The molecule has 0 aliphatic rings. The summed E-state index contributed by atoms with van der Waals surface area (Å²) in [5.74, 6) is 0.217. The molecule has 0 aromatic heterocycles. The van der Waals surface area contributed by atoms with E-state index < -0.39 is 0 Å². The highest BCUT2D eigenvalue weighted by Crippen LogP contribution is 2.24. The van der Waals surface area contributed by atoms with E-state index in [0.717, 1.165) is 28.4 Å². The predicted molar refractivity (Wildman–Crippen MR) is 79.2 cm³/mol. The number of hydrogen-bond acceptors (Lipinski definition) is 1. The number of rotatable bonds is 5. The van der Waals surface area contributed by atoms with Gasteiger partial charge in [0.05, 0.1) is 0 Å². The summed E-state index contributed by atoms with van der Waals surface area (Å²) >= 11 is 3.36. The quantitative estimate of drug-likeness (QED) is 0.577. The predicted octanol–water partition coefficient (Wildman–Crippen LogP) is 4.71. The van der Waals surface area contributed by atoms with Gasteiger partial charge >= 0.3 is 0 Å². The van der Waals surface area contributed by atoms with Crippen LogP contribution in [0, 0.1) is 0 Å². The second-order valence-electron chi connectivity index (χ2n) is 4.13. The van der Waals surface area contributed by atoms with Crippen LogP contribution in [-0.2, 0) is 0 Å². The van der Waals surface area contributed by atoms with Crippen molar-refractivity contribution < 1.29 is 4.79 Å². The maximum Gasteiger partial charge on any atom is 0.163 e. The zero-order valence-corrected chi connectivity index (χ0v) is 11.7. The molecule has 0 aliphatic heterocycles. The van der Waals surface area contributed by atoms with Gasteiger partial charge in [0.15, 0.2) is 5.78 Å². The van der Waals surface area contributed by atoms with Crippen LogP contribution in [0.3, 0.4) is 0 Å². The molecule has 0 saturated carbocycles. The van der Waals surface area contributed by atoms with Crippen molar-refractivity contribution in [2.45, 2.75) is 12.8 Å². The Bertz CT molecular complexity index is 520. The zero-order valence-electron chi connectivity index (χ0n) is 10.1. The van der Waals surface area contributed by atoms with E-state index in [0.29, 0.717) is 6.42 Å². The number of hydrogen-bond donors (Lipinski definition) is 0. The molecule has 0 atom stereocenters. The van der Waals surface area contributed by atoms with Crippen LogP contribution in [0.5, 0.6) is 0 Å². The minimum absolute atomic E-state index is 0.217. The third-order valence-electron chi connectivity index (χ3n) is 2.85.